The van der Waals surface area contributed by atoms with Crippen molar-refractivity contribution < 1.29 is 29.4 Å². The number of imidazole rings is 1. The van der Waals surface area contributed by atoms with Crippen molar-refractivity contribution in [3.8, 4) is 5.75 Å². The number of thioether (sulfide) groups is 1. The number of amides is 3. The van der Waals surface area contributed by atoms with E-state index in [0.717, 1.165) is 5.56 Å². The second-order valence-electron chi connectivity index (χ2n) is 8.23. The molecule has 0 fully saturated rings. The number of hydrogen-bond acceptors (Lipinski definition) is 8. The van der Waals surface area contributed by atoms with E-state index in [0.29, 0.717) is 17.9 Å². The number of rotatable bonds is 14. The van der Waals surface area contributed by atoms with Crippen molar-refractivity contribution in [1.82, 2.24) is 25.9 Å². The molecule has 0 aliphatic carbocycles. The van der Waals surface area contributed by atoms with E-state index in [9.17, 15) is 29.4 Å². The van der Waals surface area contributed by atoms with Crippen molar-refractivity contribution in [1.29, 1.82) is 0 Å². The fraction of sp³-hybridized carbons (Fsp3) is 0.435. The van der Waals surface area contributed by atoms with Crippen LogP contribution in [0, 0.1) is 0 Å². The zero-order valence-corrected chi connectivity index (χ0v) is 20.9. The van der Waals surface area contributed by atoms with E-state index in [1.807, 2.05) is 6.26 Å². The lowest BCUT2D eigenvalue weighted by molar-refractivity contribution is -0.142. The van der Waals surface area contributed by atoms with Gasteiger partial charge in [-0.15, -0.1) is 0 Å². The summed E-state index contributed by atoms with van der Waals surface area (Å²) in [7, 11) is 0. The van der Waals surface area contributed by atoms with Gasteiger partial charge < -0.3 is 36.9 Å². The first-order chi connectivity index (χ1) is 17.1. The Morgan fingerprint density at radius 2 is 1.69 bits per heavy atom. The van der Waals surface area contributed by atoms with E-state index >= 15 is 0 Å². The Morgan fingerprint density at radius 1 is 1.03 bits per heavy atom. The number of carbonyl (C=O) groups is 4. The van der Waals surface area contributed by atoms with Gasteiger partial charge in [0.1, 0.15) is 23.9 Å². The lowest BCUT2D eigenvalue weighted by atomic mass is 10.0. The molecule has 13 heteroatoms. The smallest absolute Gasteiger partial charge is 0.326 e. The average Bonchev–Trinajstić information content (AvgIpc) is 3.35. The van der Waals surface area contributed by atoms with Crippen LogP contribution in [0.2, 0.25) is 0 Å². The maximum atomic E-state index is 12.9. The summed E-state index contributed by atoms with van der Waals surface area (Å²) < 4.78 is 0. The molecule has 0 bridgehead atoms. The maximum absolute atomic E-state index is 12.9. The molecule has 2 rings (SSSR count). The summed E-state index contributed by atoms with van der Waals surface area (Å²) in [6.45, 7) is 1.42. The summed E-state index contributed by atoms with van der Waals surface area (Å²) in [4.78, 5) is 56.3. The minimum Gasteiger partial charge on any atom is -0.508 e. The predicted octanol–water partition coefficient (Wildman–Crippen LogP) is -0.460. The largest absolute Gasteiger partial charge is 0.508 e. The van der Waals surface area contributed by atoms with Crippen LogP contribution >= 0.6 is 11.8 Å². The lowest BCUT2D eigenvalue weighted by Gasteiger charge is -2.23. The van der Waals surface area contributed by atoms with Gasteiger partial charge in [-0.1, -0.05) is 12.1 Å². The Balaban J connectivity index is 1.96. The first kappa shape index (κ1) is 28.7. The van der Waals surface area contributed by atoms with Crippen molar-refractivity contribution in [2.75, 3.05) is 12.0 Å². The summed E-state index contributed by atoms with van der Waals surface area (Å²) >= 11 is 1.49. The van der Waals surface area contributed by atoms with Gasteiger partial charge in [-0.25, -0.2) is 9.78 Å². The number of carboxylic acid groups (broad SMARTS) is 1. The Bertz CT molecular complexity index is 1020. The fourth-order valence-corrected chi connectivity index (χ4v) is 3.73. The van der Waals surface area contributed by atoms with Crippen LogP contribution in [-0.4, -0.2) is 80.0 Å². The van der Waals surface area contributed by atoms with Crippen molar-refractivity contribution in [3.63, 3.8) is 0 Å². The Kier molecular flexibility index (Phi) is 11.2. The number of nitrogens with two attached hydrogens (primary N) is 1. The van der Waals surface area contributed by atoms with Gasteiger partial charge in [-0.05, 0) is 49.5 Å². The van der Waals surface area contributed by atoms with Gasteiger partial charge in [0, 0.05) is 18.3 Å². The van der Waals surface area contributed by atoms with Gasteiger partial charge in [0.15, 0.2) is 0 Å². The number of phenolic OH excluding ortho intramolecular Hbond substituents is 1. The number of aromatic hydroxyl groups is 1. The Labute approximate surface area is 212 Å². The Hall–Kier alpha value is -3.58. The first-order valence-electron chi connectivity index (χ1n) is 11.2. The van der Waals surface area contributed by atoms with Crippen LogP contribution < -0.4 is 21.7 Å². The monoisotopic (exact) mass is 520 g/mol. The van der Waals surface area contributed by atoms with Crippen LogP contribution in [0.1, 0.15) is 24.6 Å². The number of benzene rings is 1. The number of carboxylic acids is 1. The highest BCUT2D eigenvalue weighted by molar-refractivity contribution is 7.98. The molecule has 0 saturated heterocycles. The molecule has 1 heterocycles. The van der Waals surface area contributed by atoms with E-state index in [-0.39, 0.29) is 18.6 Å². The van der Waals surface area contributed by atoms with Gasteiger partial charge in [0.25, 0.3) is 0 Å². The Morgan fingerprint density at radius 3 is 2.28 bits per heavy atom. The average molecular weight is 521 g/mol. The third-order valence-electron chi connectivity index (χ3n) is 5.32. The highest BCUT2D eigenvalue weighted by atomic mass is 32.2. The molecule has 0 aliphatic heterocycles. The van der Waals surface area contributed by atoms with Crippen molar-refractivity contribution in [2.45, 2.75) is 50.4 Å². The molecule has 196 valence electrons. The van der Waals surface area contributed by atoms with Crippen LogP contribution in [0.15, 0.2) is 36.8 Å². The minimum atomic E-state index is -1.23. The number of nitrogens with zero attached hydrogens (tertiary/aromatic N) is 1. The number of aromatic amines is 1. The van der Waals surface area contributed by atoms with Gasteiger partial charge in [-0.3, -0.25) is 14.4 Å². The van der Waals surface area contributed by atoms with Crippen molar-refractivity contribution in [3.05, 3.63) is 48.0 Å². The summed E-state index contributed by atoms with van der Waals surface area (Å²) in [5, 5.41) is 26.4. The zero-order chi connectivity index (χ0) is 26.7. The molecule has 2 aromatic rings. The highest BCUT2D eigenvalue weighted by Gasteiger charge is 2.28. The van der Waals surface area contributed by atoms with Crippen molar-refractivity contribution >= 4 is 35.5 Å². The second-order valence-corrected chi connectivity index (χ2v) is 9.22. The molecule has 4 unspecified atom stereocenters. The zero-order valence-electron chi connectivity index (χ0n) is 20.1. The number of hydrogen-bond donors (Lipinski definition) is 7. The predicted molar refractivity (Wildman–Crippen MR) is 134 cm³/mol. The number of phenols is 1. The van der Waals surface area contributed by atoms with Gasteiger partial charge in [0.05, 0.1) is 12.4 Å². The summed E-state index contributed by atoms with van der Waals surface area (Å²) in [5.74, 6) is -2.38. The third kappa shape index (κ3) is 9.23. The first-order valence-corrected chi connectivity index (χ1v) is 12.6. The number of nitrogens with one attached hydrogen (secondary N) is 4. The second kappa shape index (κ2) is 14.1. The molecule has 4 atom stereocenters. The van der Waals surface area contributed by atoms with Crippen LogP contribution in [0.3, 0.4) is 0 Å². The van der Waals surface area contributed by atoms with Crippen LogP contribution in [0.4, 0.5) is 0 Å². The summed E-state index contributed by atoms with van der Waals surface area (Å²) in [6.07, 6.45) is 5.21. The van der Waals surface area contributed by atoms with Crippen LogP contribution in [0.5, 0.6) is 5.75 Å². The van der Waals surface area contributed by atoms with Gasteiger partial charge in [0.2, 0.25) is 17.7 Å². The SMILES string of the molecule is CSCCC(NC(=O)C(N)Cc1ccc(O)cc1)C(=O)NC(C)C(=O)NC(Cc1cnc[nH]1)C(=O)O. The third-order valence-corrected chi connectivity index (χ3v) is 5.96. The van der Waals surface area contributed by atoms with Gasteiger partial charge in [-0.2, -0.15) is 11.8 Å². The molecular weight excluding hydrogens is 488 g/mol. The number of carbonyl (C=O) groups excluding carboxylic acids is 3. The summed E-state index contributed by atoms with van der Waals surface area (Å²) in [6, 6.07) is 2.14. The molecule has 0 radical (unpaired) electrons. The molecule has 1 aromatic carbocycles. The standard InChI is InChI=1S/C23H32N6O6S/c1-13(20(31)29-19(23(34)35)10-15-11-25-12-26-15)27-22(33)18(7-8-36-2)28-21(32)17(24)9-14-3-5-16(30)6-4-14/h3-6,11-13,17-19,30H,7-10,24H2,1-2H3,(H,25,26)(H,27,33)(H,28,32)(H,29,31)(H,34,35). The molecular formula is C23H32N6O6S. The van der Waals surface area contributed by atoms with Crippen LogP contribution in [-0.2, 0) is 32.0 Å². The number of H-pyrrole nitrogens is 1. The summed E-state index contributed by atoms with van der Waals surface area (Å²) in [5.41, 5.74) is 7.29. The van der Waals surface area contributed by atoms with Crippen molar-refractivity contribution in [2.24, 2.45) is 5.73 Å². The molecule has 3 amide bonds. The van der Waals surface area contributed by atoms with E-state index in [4.69, 9.17) is 5.73 Å². The van der Waals surface area contributed by atoms with Crippen LogP contribution in [0.25, 0.3) is 0 Å². The number of aliphatic carboxylic acids is 1. The highest BCUT2D eigenvalue weighted by Crippen LogP contribution is 2.11. The van der Waals surface area contributed by atoms with E-state index in [2.05, 4.69) is 25.9 Å². The maximum Gasteiger partial charge on any atom is 0.326 e. The minimum absolute atomic E-state index is 0.00688. The molecule has 1 aromatic heterocycles. The van der Waals surface area contributed by atoms with E-state index < -0.39 is 47.9 Å². The van der Waals surface area contributed by atoms with E-state index in [1.165, 1.54) is 43.3 Å². The fourth-order valence-electron chi connectivity index (χ4n) is 3.25. The van der Waals surface area contributed by atoms with Gasteiger partial charge >= 0.3 is 5.97 Å². The molecule has 12 nitrogen and oxygen atoms in total. The molecule has 0 aliphatic rings. The normalized spacial score (nSPS) is 14.2. The molecule has 36 heavy (non-hydrogen) atoms. The topological polar surface area (TPSA) is 200 Å². The molecule has 0 spiro atoms. The molecule has 0 saturated carbocycles. The van der Waals surface area contributed by atoms with E-state index in [1.54, 1.807) is 12.1 Å². The quantitative estimate of drug-likeness (QED) is 0.172. The molecule has 8 N–H and O–H groups in total. The number of aromatic nitrogens is 2. The lowest BCUT2D eigenvalue weighted by Crippen LogP contribution is -2.56.